The van der Waals surface area contributed by atoms with E-state index >= 15 is 0 Å². The van der Waals surface area contributed by atoms with Crippen LogP contribution >= 0.6 is 22.1 Å². The van der Waals surface area contributed by atoms with E-state index in [0.29, 0.717) is 29.7 Å². The van der Waals surface area contributed by atoms with Crippen molar-refractivity contribution >= 4 is 54.8 Å². The molecule has 0 radical (unpaired) electrons. The fourth-order valence-electron chi connectivity index (χ4n) is 4.31. The molecule has 0 saturated carbocycles. The SMILES string of the molecule is CS(=O)(=O)CCNC(=O)CS1=C2C(=C(Nc3ccc(OCc4ccccn4)c(Cl)c3)N=CN2Cc2ccccc2)C=C1. The summed E-state index contributed by atoms with van der Waals surface area (Å²) in [6.07, 6.45) is 6.62. The lowest BCUT2D eigenvalue weighted by Crippen LogP contribution is -2.35. The van der Waals surface area contributed by atoms with Gasteiger partial charge in [0.05, 0.1) is 33.5 Å². The van der Waals surface area contributed by atoms with E-state index in [9.17, 15) is 13.2 Å². The molecule has 0 aliphatic carbocycles. The number of ether oxygens (including phenoxy) is 1. The molecule has 218 valence electrons. The van der Waals surface area contributed by atoms with Crippen LogP contribution in [0.2, 0.25) is 5.02 Å². The lowest BCUT2D eigenvalue weighted by Gasteiger charge is -2.28. The molecule has 9 nitrogen and oxygen atoms in total. The molecule has 1 amide bonds. The Bertz CT molecular complexity index is 1690. The number of nitrogens with one attached hydrogen (secondary N) is 2. The smallest absolute Gasteiger partial charge is 0.229 e. The maximum atomic E-state index is 12.7. The lowest BCUT2D eigenvalue weighted by atomic mass is 10.1. The van der Waals surface area contributed by atoms with Crippen LogP contribution in [-0.2, 0) is 27.8 Å². The molecule has 1 unspecified atom stereocenters. The number of nitrogens with zero attached hydrogens (tertiary/aromatic N) is 3. The van der Waals surface area contributed by atoms with Crippen molar-refractivity contribution in [2.45, 2.75) is 13.2 Å². The van der Waals surface area contributed by atoms with Gasteiger partial charge in [-0.1, -0.05) is 48.0 Å². The number of sulfone groups is 1. The highest BCUT2D eigenvalue weighted by atomic mass is 35.5. The Hall–Kier alpha value is -3.93. The van der Waals surface area contributed by atoms with E-state index in [1.54, 1.807) is 24.7 Å². The second-order valence-electron chi connectivity index (χ2n) is 9.66. The van der Waals surface area contributed by atoms with Crippen molar-refractivity contribution in [2.75, 3.05) is 29.6 Å². The fraction of sp³-hybridized carbons (Fsp3) is 0.200. The largest absolute Gasteiger partial charge is 0.486 e. The first-order valence-electron chi connectivity index (χ1n) is 13.1. The Morgan fingerprint density at radius 1 is 1.10 bits per heavy atom. The highest BCUT2D eigenvalue weighted by Crippen LogP contribution is 2.36. The van der Waals surface area contributed by atoms with E-state index in [0.717, 1.165) is 33.8 Å². The Kier molecular flexibility index (Phi) is 9.41. The summed E-state index contributed by atoms with van der Waals surface area (Å²) in [5.74, 6) is 1.09. The highest BCUT2D eigenvalue weighted by Gasteiger charge is 2.27. The summed E-state index contributed by atoms with van der Waals surface area (Å²) in [5.41, 5.74) is 3.52. The normalized spacial score (nSPS) is 16.0. The van der Waals surface area contributed by atoms with Gasteiger partial charge in [0.25, 0.3) is 0 Å². The van der Waals surface area contributed by atoms with E-state index < -0.39 is 20.3 Å². The van der Waals surface area contributed by atoms with Crippen LogP contribution in [0.5, 0.6) is 5.75 Å². The number of carbonyl (C=O) groups is 1. The monoisotopic (exact) mass is 623 g/mol. The zero-order chi connectivity index (χ0) is 29.5. The third-order valence-electron chi connectivity index (χ3n) is 6.29. The molecule has 3 heterocycles. The van der Waals surface area contributed by atoms with Crippen LogP contribution in [-0.4, -0.2) is 59.8 Å². The summed E-state index contributed by atoms with van der Waals surface area (Å²) in [6.45, 7) is 0.976. The van der Waals surface area contributed by atoms with Crippen LogP contribution in [0.15, 0.2) is 101 Å². The standard InChI is InChI=1S/C30H30ClN5O4S2/c1-42(38,39)16-14-33-28(37)20-41-15-12-25-29(34-21-36(30(25)41)18-22-7-3-2-4-8-22)35-23-10-11-27(26(31)17-23)40-19-24-9-5-6-13-32-24/h2-13,15,17,21,35H,14,16,18-20H2,1H3,(H,33,37). The van der Waals surface area contributed by atoms with E-state index in [1.165, 1.54) is 0 Å². The number of aliphatic imine (C=N–C) groups is 1. The number of carbonyl (C=O) groups excluding carboxylic acids is 1. The van der Waals surface area contributed by atoms with Crippen molar-refractivity contribution in [3.63, 3.8) is 0 Å². The van der Waals surface area contributed by atoms with E-state index in [1.807, 2.05) is 66.1 Å². The second kappa shape index (κ2) is 13.4. The Morgan fingerprint density at radius 2 is 1.90 bits per heavy atom. The van der Waals surface area contributed by atoms with Gasteiger partial charge in [-0.15, -0.1) is 10.5 Å². The molecular weight excluding hydrogens is 594 g/mol. The molecule has 0 saturated heterocycles. The van der Waals surface area contributed by atoms with Gasteiger partial charge in [-0.2, -0.15) is 0 Å². The molecule has 2 aliphatic heterocycles. The zero-order valence-electron chi connectivity index (χ0n) is 22.9. The molecule has 0 spiro atoms. The third-order valence-corrected chi connectivity index (χ3v) is 9.52. The van der Waals surface area contributed by atoms with Crippen molar-refractivity contribution in [3.05, 3.63) is 112 Å². The first-order valence-corrected chi connectivity index (χ1v) is 17.0. The molecule has 2 aromatic carbocycles. The average molecular weight is 624 g/mol. The molecular formula is C30H30ClN5O4S2. The van der Waals surface area contributed by atoms with Crippen LogP contribution in [0, 0.1) is 0 Å². The summed E-state index contributed by atoms with van der Waals surface area (Å²) in [6, 6.07) is 21.1. The minimum Gasteiger partial charge on any atom is -0.486 e. The number of rotatable bonds is 12. The van der Waals surface area contributed by atoms with Crippen molar-refractivity contribution < 1.29 is 17.9 Å². The average Bonchev–Trinajstić information content (AvgIpc) is 3.38. The third kappa shape index (κ3) is 7.87. The van der Waals surface area contributed by atoms with Crippen LogP contribution in [0.4, 0.5) is 5.69 Å². The van der Waals surface area contributed by atoms with E-state index in [2.05, 4.69) is 20.5 Å². The first kappa shape index (κ1) is 29.6. The zero-order valence-corrected chi connectivity index (χ0v) is 25.3. The maximum Gasteiger partial charge on any atom is 0.229 e. The van der Waals surface area contributed by atoms with Crippen LogP contribution in [0.1, 0.15) is 11.3 Å². The predicted octanol–water partition coefficient (Wildman–Crippen LogP) is 4.57. The van der Waals surface area contributed by atoms with Crippen molar-refractivity contribution in [2.24, 2.45) is 4.99 Å². The van der Waals surface area contributed by atoms with Gasteiger partial charge in [0.2, 0.25) is 5.91 Å². The van der Waals surface area contributed by atoms with Crippen LogP contribution in [0.25, 0.3) is 0 Å². The van der Waals surface area contributed by atoms with Crippen molar-refractivity contribution in [1.29, 1.82) is 0 Å². The minimum absolute atomic E-state index is 0.0843. The Morgan fingerprint density at radius 3 is 2.64 bits per heavy atom. The number of aromatic nitrogens is 1. The van der Waals surface area contributed by atoms with Crippen LogP contribution in [0.3, 0.4) is 0 Å². The highest BCUT2D eigenvalue weighted by molar-refractivity contribution is 8.19. The maximum absolute atomic E-state index is 12.7. The molecule has 0 fully saturated rings. The molecule has 1 atom stereocenters. The number of hydrogen-bond donors (Lipinski definition) is 2. The van der Waals surface area contributed by atoms with E-state index in [4.69, 9.17) is 21.3 Å². The molecule has 1 aromatic heterocycles. The molecule has 2 aliphatic rings. The van der Waals surface area contributed by atoms with Gasteiger partial charge in [0, 0.05) is 36.8 Å². The quantitative estimate of drug-likeness (QED) is 0.284. The molecule has 3 aromatic rings. The predicted molar refractivity (Wildman–Crippen MR) is 170 cm³/mol. The minimum atomic E-state index is -3.16. The van der Waals surface area contributed by atoms with E-state index in [-0.39, 0.29) is 24.0 Å². The molecule has 42 heavy (non-hydrogen) atoms. The second-order valence-corrected chi connectivity index (χ2v) is 14.1. The Labute approximate surface area is 252 Å². The lowest BCUT2D eigenvalue weighted by molar-refractivity contribution is -0.118. The topological polar surface area (TPSA) is 113 Å². The molecule has 0 bridgehead atoms. The Balaban J connectivity index is 1.35. The van der Waals surface area contributed by atoms with Crippen LogP contribution < -0.4 is 15.4 Å². The number of pyridine rings is 1. The summed E-state index contributed by atoms with van der Waals surface area (Å²) in [7, 11) is -3.71. The number of hydrogen-bond acceptors (Lipinski definition) is 8. The number of benzene rings is 2. The van der Waals surface area contributed by atoms with Gasteiger partial charge in [-0.25, -0.2) is 13.4 Å². The number of halogens is 1. The van der Waals surface area contributed by atoms with Gasteiger partial charge in [0.1, 0.15) is 28.0 Å². The van der Waals surface area contributed by atoms with Crippen molar-refractivity contribution in [3.8, 4) is 5.75 Å². The van der Waals surface area contributed by atoms with Gasteiger partial charge in [-0.3, -0.25) is 9.78 Å². The van der Waals surface area contributed by atoms with Gasteiger partial charge < -0.3 is 20.3 Å². The number of anilines is 1. The molecule has 12 heteroatoms. The summed E-state index contributed by atoms with van der Waals surface area (Å²) in [4.78, 5) is 24.8. The van der Waals surface area contributed by atoms with Gasteiger partial charge in [-0.05, 0) is 47.4 Å². The summed E-state index contributed by atoms with van der Waals surface area (Å²) >= 11 is 6.54. The summed E-state index contributed by atoms with van der Waals surface area (Å²) in [5, 5.41) is 8.57. The summed E-state index contributed by atoms with van der Waals surface area (Å²) < 4.78 is 28.8. The van der Waals surface area contributed by atoms with Crippen molar-refractivity contribution in [1.82, 2.24) is 15.2 Å². The first-order chi connectivity index (χ1) is 20.2. The molecule has 2 N–H and O–H groups in total. The number of amides is 1. The fourth-order valence-corrected chi connectivity index (χ4v) is 6.92. The molecule has 5 rings (SSSR count). The van der Waals surface area contributed by atoms with Gasteiger partial charge >= 0.3 is 0 Å². The number of fused-ring (bicyclic) bond motifs is 1. The van der Waals surface area contributed by atoms with Gasteiger partial charge in [0.15, 0.2) is 0 Å².